The predicted octanol–water partition coefficient (Wildman–Crippen LogP) is 4.24. The standard InChI is InChI=1S/C30H33FN4O6S/c1-4-18-13-20-6-5-19(18)11-12-41-30(38)34-23-8-10-26(42(39,40)17(2)3)22(14-23)16-33-29(37)27(20)35-25-15-21(28(32)36)7-9-24(25)31/h5-10,13-15,17,27,35H,4,11-12,16H2,1-3H3,(H2,32,36)(H,33,37)(H,34,38)/t27-/m1/s1. The molecule has 2 aliphatic heterocycles. The average Bonchev–Trinajstić information content (AvgIpc) is 2.95. The molecule has 1 atom stereocenters. The van der Waals surface area contributed by atoms with Crippen LogP contribution in [-0.4, -0.2) is 38.2 Å². The maximum Gasteiger partial charge on any atom is 0.411 e. The first-order chi connectivity index (χ1) is 19.9. The van der Waals surface area contributed by atoms with Crippen LogP contribution in [-0.2, 0) is 38.8 Å². The summed E-state index contributed by atoms with van der Waals surface area (Å²) in [5.74, 6) is -2.03. The maximum absolute atomic E-state index is 14.9. The van der Waals surface area contributed by atoms with E-state index in [2.05, 4.69) is 16.0 Å². The zero-order valence-corrected chi connectivity index (χ0v) is 24.3. The van der Waals surface area contributed by atoms with Gasteiger partial charge in [0, 0.05) is 24.2 Å². The van der Waals surface area contributed by atoms with Crippen LogP contribution < -0.4 is 21.7 Å². The van der Waals surface area contributed by atoms with E-state index in [9.17, 15) is 27.2 Å². The first-order valence-electron chi connectivity index (χ1n) is 13.5. The molecule has 0 aliphatic carbocycles. The fraction of sp³-hybridized carbons (Fsp3) is 0.300. The highest BCUT2D eigenvalue weighted by molar-refractivity contribution is 7.92. The number of amides is 3. The van der Waals surface area contributed by atoms with Crippen molar-refractivity contribution in [2.75, 3.05) is 17.2 Å². The van der Waals surface area contributed by atoms with E-state index in [1.165, 1.54) is 30.3 Å². The van der Waals surface area contributed by atoms with Crippen LogP contribution in [0, 0.1) is 5.82 Å². The van der Waals surface area contributed by atoms with Crippen molar-refractivity contribution in [3.8, 4) is 0 Å². The predicted molar refractivity (Wildman–Crippen MR) is 156 cm³/mol. The SMILES string of the molecule is CCc1cc2ccc1CCOC(=O)Nc1ccc(S(=O)(=O)C(C)C)c(c1)CNC(=O)[C@@H]2Nc1cc(C(N)=O)ccc1F. The van der Waals surface area contributed by atoms with Crippen LogP contribution in [0.3, 0.4) is 0 Å². The number of primary amides is 1. The Morgan fingerprint density at radius 3 is 2.55 bits per heavy atom. The number of carbonyl (C=O) groups excluding carboxylic acids is 3. The monoisotopic (exact) mass is 596 g/mol. The molecule has 3 aromatic carbocycles. The Bertz CT molecular complexity index is 1640. The summed E-state index contributed by atoms with van der Waals surface area (Å²) in [6, 6.07) is 12.1. The van der Waals surface area contributed by atoms with E-state index < -0.39 is 44.9 Å². The van der Waals surface area contributed by atoms with Gasteiger partial charge in [0.05, 0.1) is 22.4 Å². The van der Waals surface area contributed by atoms with Gasteiger partial charge in [0.1, 0.15) is 11.9 Å². The smallest absolute Gasteiger partial charge is 0.411 e. The number of fused-ring (bicyclic) bond motifs is 9. The molecule has 0 unspecified atom stereocenters. The minimum Gasteiger partial charge on any atom is -0.449 e. The third kappa shape index (κ3) is 6.71. The molecule has 42 heavy (non-hydrogen) atoms. The van der Waals surface area contributed by atoms with Crippen molar-refractivity contribution in [1.29, 1.82) is 0 Å². The number of anilines is 2. The van der Waals surface area contributed by atoms with Crippen LogP contribution in [0.4, 0.5) is 20.6 Å². The Hall–Kier alpha value is -4.45. The molecule has 10 nitrogen and oxygen atoms in total. The molecule has 5 N–H and O–H groups in total. The number of carbonyl (C=O) groups is 3. The number of hydrogen-bond acceptors (Lipinski definition) is 7. The van der Waals surface area contributed by atoms with E-state index in [1.54, 1.807) is 19.9 Å². The number of benzene rings is 3. The number of sulfone groups is 1. The van der Waals surface area contributed by atoms with E-state index in [1.807, 2.05) is 19.1 Å². The average molecular weight is 597 g/mol. The number of aryl methyl sites for hydroxylation is 1. The summed E-state index contributed by atoms with van der Waals surface area (Å²) in [7, 11) is -3.76. The van der Waals surface area contributed by atoms with Gasteiger partial charge in [0.25, 0.3) is 0 Å². The van der Waals surface area contributed by atoms with E-state index >= 15 is 0 Å². The van der Waals surface area contributed by atoms with Gasteiger partial charge >= 0.3 is 6.09 Å². The van der Waals surface area contributed by atoms with Crippen molar-refractivity contribution in [1.82, 2.24) is 5.32 Å². The van der Waals surface area contributed by atoms with Gasteiger partial charge in [-0.25, -0.2) is 17.6 Å². The van der Waals surface area contributed by atoms with Crippen molar-refractivity contribution in [2.24, 2.45) is 5.73 Å². The van der Waals surface area contributed by atoms with Gasteiger partial charge in [-0.3, -0.25) is 14.9 Å². The van der Waals surface area contributed by atoms with E-state index in [0.29, 0.717) is 18.4 Å². The van der Waals surface area contributed by atoms with Crippen molar-refractivity contribution in [2.45, 2.75) is 56.3 Å². The summed E-state index contributed by atoms with van der Waals surface area (Å²) in [4.78, 5) is 37.9. The van der Waals surface area contributed by atoms with Gasteiger partial charge in [-0.1, -0.05) is 25.1 Å². The number of hydrogen-bond donors (Lipinski definition) is 4. The third-order valence-electron chi connectivity index (χ3n) is 7.05. The summed E-state index contributed by atoms with van der Waals surface area (Å²) < 4.78 is 46.4. The number of nitrogens with one attached hydrogen (secondary N) is 3. The van der Waals surface area contributed by atoms with Gasteiger partial charge in [-0.15, -0.1) is 0 Å². The molecule has 4 bridgehead atoms. The lowest BCUT2D eigenvalue weighted by atomic mass is 9.95. The molecule has 2 aliphatic rings. The number of nitrogens with two attached hydrogens (primary N) is 1. The molecule has 2 heterocycles. The second-order valence-corrected chi connectivity index (χ2v) is 12.6. The lowest BCUT2D eigenvalue weighted by Crippen LogP contribution is -2.34. The largest absolute Gasteiger partial charge is 0.449 e. The molecule has 3 aromatic rings. The lowest BCUT2D eigenvalue weighted by molar-refractivity contribution is -0.122. The molecular formula is C30H33FN4O6S. The number of ether oxygens (including phenoxy) is 1. The molecular weight excluding hydrogens is 563 g/mol. The molecule has 0 aromatic heterocycles. The molecule has 0 radical (unpaired) electrons. The normalized spacial score (nSPS) is 16.0. The highest BCUT2D eigenvalue weighted by Crippen LogP contribution is 2.28. The van der Waals surface area contributed by atoms with Crippen molar-refractivity contribution in [3.05, 3.63) is 88.2 Å². The Balaban J connectivity index is 1.80. The van der Waals surface area contributed by atoms with Crippen molar-refractivity contribution >= 4 is 39.1 Å². The minimum absolute atomic E-state index is 0.000156. The summed E-state index contributed by atoms with van der Waals surface area (Å²) >= 11 is 0. The highest BCUT2D eigenvalue weighted by Gasteiger charge is 2.27. The molecule has 0 saturated carbocycles. The second kappa shape index (κ2) is 12.6. The van der Waals surface area contributed by atoms with Crippen LogP contribution in [0.25, 0.3) is 0 Å². The van der Waals surface area contributed by atoms with Gasteiger partial charge in [-0.2, -0.15) is 0 Å². The second-order valence-electron chi connectivity index (χ2n) is 10.2. The topological polar surface area (TPSA) is 157 Å². The molecule has 0 spiro atoms. The van der Waals surface area contributed by atoms with Gasteiger partial charge < -0.3 is 21.1 Å². The third-order valence-corrected chi connectivity index (χ3v) is 9.30. The summed E-state index contributed by atoms with van der Waals surface area (Å²) in [5, 5.41) is 7.53. The fourth-order valence-electron chi connectivity index (χ4n) is 4.66. The fourth-order valence-corrected chi connectivity index (χ4v) is 5.92. The number of rotatable bonds is 6. The first-order valence-corrected chi connectivity index (χ1v) is 15.0. The summed E-state index contributed by atoms with van der Waals surface area (Å²) in [6.07, 6.45) is 0.319. The Morgan fingerprint density at radius 2 is 1.86 bits per heavy atom. The minimum atomic E-state index is -3.76. The summed E-state index contributed by atoms with van der Waals surface area (Å²) in [6.45, 7) is 4.90. The van der Waals surface area contributed by atoms with Crippen LogP contribution in [0.15, 0.2) is 59.5 Å². The molecule has 3 amide bonds. The van der Waals surface area contributed by atoms with E-state index in [0.717, 1.165) is 17.2 Å². The van der Waals surface area contributed by atoms with E-state index in [-0.39, 0.29) is 40.5 Å². The van der Waals surface area contributed by atoms with Crippen molar-refractivity contribution in [3.63, 3.8) is 0 Å². The molecule has 0 fully saturated rings. The Labute approximate surface area is 243 Å². The quantitative estimate of drug-likeness (QED) is 0.332. The van der Waals surface area contributed by atoms with Gasteiger partial charge in [0.2, 0.25) is 11.8 Å². The molecule has 222 valence electrons. The van der Waals surface area contributed by atoms with Crippen LogP contribution in [0.2, 0.25) is 0 Å². The van der Waals surface area contributed by atoms with Crippen LogP contribution in [0.5, 0.6) is 0 Å². The lowest BCUT2D eigenvalue weighted by Gasteiger charge is -2.23. The maximum atomic E-state index is 14.9. The van der Waals surface area contributed by atoms with Crippen molar-refractivity contribution < 1.29 is 31.9 Å². The molecule has 12 heteroatoms. The van der Waals surface area contributed by atoms with Crippen LogP contribution >= 0.6 is 0 Å². The highest BCUT2D eigenvalue weighted by atomic mass is 32.2. The first kappa shape index (κ1) is 30.5. The Kier molecular flexibility index (Phi) is 9.15. The zero-order chi connectivity index (χ0) is 30.6. The van der Waals surface area contributed by atoms with Gasteiger partial charge in [0.15, 0.2) is 9.84 Å². The number of halogens is 1. The Morgan fingerprint density at radius 1 is 1.10 bits per heavy atom. The molecule has 0 saturated heterocycles. The summed E-state index contributed by atoms with van der Waals surface area (Å²) in [5.41, 5.74) is 8.17. The van der Waals surface area contributed by atoms with E-state index in [4.69, 9.17) is 10.5 Å². The van der Waals surface area contributed by atoms with Gasteiger partial charge in [-0.05, 0) is 78.9 Å². The van der Waals surface area contributed by atoms with Crippen LogP contribution in [0.1, 0.15) is 59.4 Å². The molecule has 5 rings (SSSR count). The zero-order valence-electron chi connectivity index (χ0n) is 23.5.